The van der Waals surface area contributed by atoms with Crippen LogP contribution in [0.3, 0.4) is 0 Å². The molecule has 17 heavy (non-hydrogen) atoms. The molecule has 0 heterocycles. The highest BCUT2D eigenvalue weighted by Crippen LogP contribution is 2.11. The van der Waals surface area contributed by atoms with E-state index in [1.165, 1.54) is 6.92 Å². The third-order valence-corrected chi connectivity index (χ3v) is 2.39. The molecule has 0 aromatic heterocycles. The van der Waals surface area contributed by atoms with Crippen LogP contribution in [0.5, 0.6) is 0 Å². The molecular formula is C13H18N2O2. The summed E-state index contributed by atoms with van der Waals surface area (Å²) in [5, 5.41) is 5.73. The van der Waals surface area contributed by atoms with Crippen LogP contribution in [0.15, 0.2) is 24.3 Å². The molecule has 1 atom stereocenters. The van der Waals surface area contributed by atoms with E-state index in [2.05, 4.69) is 10.6 Å². The van der Waals surface area contributed by atoms with Crippen molar-refractivity contribution in [2.75, 3.05) is 11.9 Å². The van der Waals surface area contributed by atoms with Gasteiger partial charge in [0.25, 0.3) is 0 Å². The highest BCUT2D eigenvalue weighted by Gasteiger charge is 2.13. The smallest absolute Gasteiger partial charge is 0.221 e. The topological polar surface area (TPSA) is 58.2 Å². The fourth-order valence-corrected chi connectivity index (χ4v) is 1.57. The monoisotopic (exact) mass is 234 g/mol. The van der Waals surface area contributed by atoms with Gasteiger partial charge in [0.2, 0.25) is 5.91 Å². The van der Waals surface area contributed by atoms with Crippen LogP contribution in [0.2, 0.25) is 0 Å². The van der Waals surface area contributed by atoms with Crippen LogP contribution in [-0.4, -0.2) is 24.3 Å². The first-order chi connectivity index (χ1) is 8.04. The lowest BCUT2D eigenvalue weighted by Crippen LogP contribution is -2.33. The number of carbonyl (C=O) groups is 2. The Morgan fingerprint density at radius 1 is 1.24 bits per heavy atom. The molecule has 0 aliphatic rings. The molecule has 0 aliphatic heterocycles. The Bertz CT molecular complexity index is 398. The quantitative estimate of drug-likeness (QED) is 0.764. The average molecular weight is 234 g/mol. The first-order valence-corrected chi connectivity index (χ1v) is 5.69. The van der Waals surface area contributed by atoms with Gasteiger partial charge in [-0.05, 0) is 37.7 Å². The van der Waals surface area contributed by atoms with Gasteiger partial charge in [-0.1, -0.05) is 6.92 Å². The number of likely N-dealkylation sites (N-methyl/N-ethyl adjacent to an activating group) is 1. The number of anilines is 1. The minimum absolute atomic E-state index is 0.0567. The number of benzene rings is 1. The van der Waals surface area contributed by atoms with Gasteiger partial charge in [0.1, 0.15) is 0 Å². The lowest BCUT2D eigenvalue weighted by molar-refractivity contribution is -0.114. The van der Waals surface area contributed by atoms with Gasteiger partial charge in [0, 0.05) is 18.2 Å². The van der Waals surface area contributed by atoms with E-state index in [-0.39, 0.29) is 17.7 Å². The Balaban J connectivity index is 2.73. The number of rotatable bonds is 5. The van der Waals surface area contributed by atoms with E-state index in [0.29, 0.717) is 11.3 Å². The highest BCUT2D eigenvalue weighted by molar-refractivity contribution is 6.00. The number of nitrogens with one attached hydrogen (secondary N) is 2. The molecular weight excluding hydrogens is 216 g/mol. The van der Waals surface area contributed by atoms with Crippen LogP contribution in [0.1, 0.15) is 31.1 Å². The van der Waals surface area contributed by atoms with Crippen LogP contribution >= 0.6 is 0 Å². The zero-order valence-electron chi connectivity index (χ0n) is 10.4. The SMILES string of the molecule is CCNC(C)C(=O)c1ccc(NC(C)=O)cc1. The molecule has 1 amide bonds. The molecule has 1 aromatic rings. The van der Waals surface area contributed by atoms with Crippen molar-refractivity contribution in [1.29, 1.82) is 0 Å². The maximum atomic E-state index is 11.9. The van der Waals surface area contributed by atoms with Gasteiger partial charge < -0.3 is 10.6 Å². The zero-order chi connectivity index (χ0) is 12.8. The van der Waals surface area contributed by atoms with Crippen molar-refractivity contribution in [3.8, 4) is 0 Å². The van der Waals surface area contributed by atoms with Crippen molar-refractivity contribution in [1.82, 2.24) is 5.32 Å². The molecule has 4 nitrogen and oxygen atoms in total. The lowest BCUT2D eigenvalue weighted by Gasteiger charge is -2.11. The van der Waals surface area contributed by atoms with Gasteiger partial charge >= 0.3 is 0 Å². The first-order valence-electron chi connectivity index (χ1n) is 5.69. The maximum absolute atomic E-state index is 11.9. The number of carbonyl (C=O) groups excluding carboxylic acids is 2. The van der Waals surface area contributed by atoms with Crippen molar-refractivity contribution in [2.45, 2.75) is 26.8 Å². The first kappa shape index (κ1) is 13.4. The highest BCUT2D eigenvalue weighted by atomic mass is 16.1. The van der Waals surface area contributed by atoms with E-state index < -0.39 is 0 Å². The standard InChI is InChI=1S/C13H18N2O2/c1-4-14-9(2)13(17)11-5-7-12(8-6-11)15-10(3)16/h5-9,14H,4H2,1-3H3,(H,15,16). The summed E-state index contributed by atoms with van der Waals surface area (Å²) in [5.74, 6) is -0.0636. The fourth-order valence-electron chi connectivity index (χ4n) is 1.57. The predicted octanol–water partition coefficient (Wildman–Crippen LogP) is 1.83. The third kappa shape index (κ3) is 4.00. The van der Waals surface area contributed by atoms with Gasteiger partial charge in [-0.3, -0.25) is 9.59 Å². The molecule has 0 fully saturated rings. The summed E-state index contributed by atoms with van der Waals surface area (Å²) in [6, 6.07) is 6.72. The summed E-state index contributed by atoms with van der Waals surface area (Å²) in [7, 11) is 0. The molecule has 0 radical (unpaired) electrons. The second kappa shape index (κ2) is 6.15. The van der Waals surface area contributed by atoms with Crippen molar-refractivity contribution in [3.05, 3.63) is 29.8 Å². The van der Waals surface area contributed by atoms with Crippen molar-refractivity contribution in [2.24, 2.45) is 0 Å². The molecule has 92 valence electrons. The zero-order valence-corrected chi connectivity index (χ0v) is 10.4. The van der Waals surface area contributed by atoms with E-state index in [0.717, 1.165) is 6.54 Å². The van der Waals surface area contributed by atoms with Crippen molar-refractivity contribution < 1.29 is 9.59 Å². The molecule has 1 aromatic carbocycles. The van der Waals surface area contributed by atoms with Gasteiger partial charge in [-0.2, -0.15) is 0 Å². The summed E-state index contributed by atoms with van der Waals surface area (Å²) >= 11 is 0. The van der Waals surface area contributed by atoms with Crippen LogP contribution in [0, 0.1) is 0 Å². The van der Waals surface area contributed by atoms with Gasteiger partial charge in [0.05, 0.1) is 6.04 Å². The van der Waals surface area contributed by atoms with Crippen molar-refractivity contribution in [3.63, 3.8) is 0 Å². The Kier molecular flexibility index (Phi) is 4.84. The van der Waals surface area contributed by atoms with E-state index in [9.17, 15) is 9.59 Å². The number of hydrogen-bond acceptors (Lipinski definition) is 3. The van der Waals surface area contributed by atoms with Gasteiger partial charge in [-0.25, -0.2) is 0 Å². The second-order valence-electron chi connectivity index (χ2n) is 3.90. The molecule has 2 N–H and O–H groups in total. The fraction of sp³-hybridized carbons (Fsp3) is 0.385. The minimum Gasteiger partial charge on any atom is -0.326 e. The van der Waals surface area contributed by atoms with Crippen LogP contribution in [-0.2, 0) is 4.79 Å². The Labute approximate surface area is 101 Å². The number of hydrogen-bond donors (Lipinski definition) is 2. The number of amides is 1. The van der Waals surface area contributed by atoms with Crippen LogP contribution in [0.25, 0.3) is 0 Å². The summed E-state index contributed by atoms with van der Waals surface area (Å²) in [6.45, 7) is 6.01. The van der Waals surface area contributed by atoms with Crippen LogP contribution in [0.4, 0.5) is 5.69 Å². The van der Waals surface area contributed by atoms with Crippen LogP contribution < -0.4 is 10.6 Å². The van der Waals surface area contributed by atoms with Gasteiger partial charge in [0.15, 0.2) is 5.78 Å². The Hall–Kier alpha value is -1.68. The minimum atomic E-state index is -0.188. The Morgan fingerprint density at radius 2 is 1.82 bits per heavy atom. The molecule has 1 unspecified atom stereocenters. The average Bonchev–Trinajstić information content (AvgIpc) is 2.28. The van der Waals surface area contributed by atoms with Crippen molar-refractivity contribution >= 4 is 17.4 Å². The van der Waals surface area contributed by atoms with Gasteiger partial charge in [-0.15, -0.1) is 0 Å². The maximum Gasteiger partial charge on any atom is 0.221 e. The summed E-state index contributed by atoms with van der Waals surface area (Å²) in [5.41, 5.74) is 1.35. The summed E-state index contributed by atoms with van der Waals surface area (Å²) in [6.07, 6.45) is 0. The number of ketones is 1. The molecule has 1 rings (SSSR count). The Morgan fingerprint density at radius 3 is 2.29 bits per heavy atom. The molecule has 0 aliphatic carbocycles. The van der Waals surface area contributed by atoms with E-state index >= 15 is 0 Å². The third-order valence-electron chi connectivity index (χ3n) is 2.39. The molecule has 0 saturated heterocycles. The number of Topliss-reactive ketones (excluding diaryl/α,β-unsaturated/α-hetero) is 1. The normalized spacial score (nSPS) is 11.9. The summed E-state index contributed by atoms with van der Waals surface area (Å²) in [4.78, 5) is 22.8. The molecule has 0 bridgehead atoms. The van der Waals surface area contributed by atoms with E-state index in [1.807, 2.05) is 13.8 Å². The molecule has 0 spiro atoms. The summed E-state index contributed by atoms with van der Waals surface area (Å²) < 4.78 is 0. The lowest BCUT2D eigenvalue weighted by atomic mass is 10.1. The predicted molar refractivity (Wildman–Crippen MR) is 68.2 cm³/mol. The largest absolute Gasteiger partial charge is 0.326 e. The van der Waals surface area contributed by atoms with E-state index in [1.54, 1.807) is 24.3 Å². The molecule has 0 saturated carbocycles. The molecule has 4 heteroatoms. The second-order valence-corrected chi connectivity index (χ2v) is 3.90. The van der Waals surface area contributed by atoms with E-state index in [4.69, 9.17) is 0 Å².